The summed E-state index contributed by atoms with van der Waals surface area (Å²) in [7, 11) is 0. The van der Waals surface area contributed by atoms with Gasteiger partial charge in [0.2, 0.25) is 0 Å². The molecule has 0 aromatic carbocycles. The maximum Gasteiger partial charge on any atom is 0.417 e. The van der Waals surface area contributed by atoms with Crippen molar-refractivity contribution < 1.29 is 18.3 Å². The van der Waals surface area contributed by atoms with E-state index in [1.165, 1.54) is 0 Å². The molecule has 1 fully saturated rings. The largest absolute Gasteiger partial charge is 0.417 e. The maximum atomic E-state index is 12.7. The van der Waals surface area contributed by atoms with E-state index < -0.39 is 17.2 Å². The van der Waals surface area contributed by atoms with Crippen LogP contribution in [0.5, 0.6) is 0 Å². The number of rotatable bonds is 4. The highest BCUT2D eigenvalue weighted by molar-refractivity contribution is 5.02. The SMILES string of the molecule is CCNCC1(CC)CCC(O)(C(F)(F)F)C1. The fourth-order valence-corrected chi connectivity index (χ4v) is 2.48. The topological polar surface area (TPSA) is 32.3 Å². The predicted molar refractivity (Wildman–Crippen MR) is 56.1 cm³/mol. The van der Waals surface area contributed by atoms with E-state index in [-0.39, 0.29) is 12.8 Å². The molecule has 2 N–H and O–H groups in total. The first-order valence-electron chi connectivity index (χ1n) is 5.78. The first-order chi connectivity index (χ1) is 7.29. The molecule has 0 aliphatic heterocycles. The van der Waals surface area contributed by atoms with Gasteiger partial charge in [-0.15, -0.1) is 0 Å². The monoisotopic (exact) mass is 239 g/mol. The second-order valence-electron chi connectivity index (χ2n) is 4.84. The molecular weight excluding hydrogens is 219 g/mol. The highest BCUT2D eigenvalue weighted by atomic mass is 19.4. The average molecular weight is 239 g/mol. The Kier molecular flexibility index (Phi) is 3.90. The van der Waals surface area contributed by atoms with E-state index >= 15 is 0 Å². The quantitative estimate of drug-likeness (QED) is 0.790. The van der Waals surface area contributed by atoms with Crippen molar-refractivity contribution >= 4 is 0 Å². The van der Waals surface area contributed by atoms with Gasteiger partial charge in [0.1, 0.15) is 0 Å². The van der Waals surface area contributed by atoms with Crippen LogP contribution in [0.4, 0.5) is 13.2 Å². The van der Waals surface area contributed by atoms with Crippen molar-refractivity contribution in [1.82, 2.24) is 5.32 Å². The van der Waals surface area contributed by atoms with Crippen LogP contribution in [0.2, 0.25) is 0 Å². The van der Waals surface area contributed by atoms with Crippen LogP contribution in [0.3, 0.4) is 0 Å². The van der Waals surface area contributed by atoms with Crippen LogP contribution in [0.25, 0.3) is 0 Å². The standard InChI is InChI=1S/C11H20F3NO/c1-3-9(8-15-4-2)5-6-10(16,7-9)11(12,13)14/h15-16H,3-8H2,1-2H3. The molecule has 0 spiro atoms. The molecule has 2 atom stereocenters. The van der Waals surface area contributed by atoms with Crippen LogP contribution in [0.1, 0.15) is 39.5 Å². The Hall–Kier alpha value is -0.290. The Balaban J connectivity index is 2.74. The smallest absolute Gasteiger partial charge is 0.380 e. The number of hydrogen-bond donors (Lipinski definition) is 2. The third-order valence-electron chi connectivity index (χ3n) is 3.76. The maximum absolute atomic E-state index is 12.7. The van der Waals surface area contributed by atoms with E-state index in [0.717, 1.165) is 6.54 Å². The fraction of sp³-hybridized carbons (Fsp3) is 1.00. The molecule has 1 rings (SSSR count). The van der Waals surface area contributed by atoms with Gasteiger partial charge < -0.3 is 10.4 Å². The lowest BCUT2D eigenvalue weighted by molar-refractivity contribution is -0.259. The van der Waals surface area contributed by atoms with Gasteiger partial charge in [-0.05, 0) is 37.6 Å². The molecule has 2 unspecified atom stereocenters. The highest BCUT2D eigenvalue weighted by Gasteiger charge is 2.60. The molecule has 0 aromatic rings. The summed E-state index contributed by atoms with van der Waals surface area (Å²) in [6, 6.07) is 0. The number of alkyl halides is 3. The molecule has 0 radical (unpaired) electrons. The van der Waals surface area contributed by atoms with Gasteiger partial charge in [-0.2, -0.15) is 13.2 Å². The summed E-state index contributed by atoms with van der Waals surface area (Å²) in [5, 5.41) is 12.7. The zero-order valence-corrected chi connectivity index (χ0v) is 9.82. The summed E-state index contributed by atoms with van der Waals surface area (Å²) in [5.41, 5.74) is -2.88. The molecule has 1 aliphatic carbocycles. The molecule has 0 bridgehead atoms. The number of aliphatic hydroxyl groups is 1. The van der Waals surface area contributed by atoms with E-state index in [2.05, 4.69) is 5.32 Å². The Morgan fingerprint density at radius 1 is 1.25 bits per heavy atom. The van der Waals surface area contributed by atoms with E-state index in [4.69, 9.17) is 0 Å². The van der Waals surface area contributed by atoms with Gasteiger partial charge >= 0.3 is 6.18 Å². The Labute approximate surface area is 94.2 Å². The van der Waals surface area contributed by atoms with Crippen LogP contribution >= 0.6 is 0 Å². The lowest BCUT2D eigenvalue weighted by atomic mass is 9.81. The van der Waals surface area contributed by atoms with Gasteiger partial charge in [-0.25, -0.2) is 0 Å². The van der Waals surface area contributed by atoms with Crippen LogP contribution in [0, 0.1) is 5.41 Å². The molecule has 0 aromatic heterocycles. The molecule has 2 nitrogen and oxygen atoms in total. The minimum absolute atomic E-state index is 0.171. The summed E-state index contributed by atoms with van der Waals surface area (Å²) in [6.07, 6.45) is -3.75. The van der Waals surface area contributed by atoms with Crippen molar-refractivity contribution in [3.05, 3.63) is 0 Å². The molecule has 0 amide bonds. The van der Waals surface area contributed by atoms with Crippen LogP contribution in [0.15, 0.2) is 0 Å². The zero-order chi connectivity index (χ0) is 12.4. The zero-order valence-electron chi connectivity index (χ0n) is 9.82. The van der Waals surface area contributed by atoms with Gasteiger partial charge in [0.25, 0.3) is 0 Å². The van der Waals surface area contributed by atoms with Gasteiger partial charge in [0.15, 0.2) is 5.60 Å². The number of halogens is 3. The Bertz CT molecular complexity index is 244. The predicted octanol–water partition coefficient (Wildman–Crippen LogP) is 2.47. The lowest BCUT2D eigenvalue weighted by Gasteiger charge is -2.31. The Morgan fingerprint density at radius 3 is 2.25 bits per heavy atom. The Morgan fingerprint density at radius 2 is 1.88 bits per heavy atom. The van der Waals surface area contributed by atoms with Crippen LogP contribution in [-0.2, 0) is 0 Å². The van der Waals surface area contributed by atoms with E-state index in [0.29, 0.717) is 19.4 Å². The van der Waals surface area contributed by atoms with E-state index in [9.17, 15) is 18.3 Å². The number of hydrogen-bond acceptors (Lipinski definition) is 2. The third-order valence-corrected chi connectivity index (χ3v) is 3.76. The molecular formula is C11H20F3NO. The van der Waals surface area contributed by atoms with Gasteiger partial charge in [0, 0.05) is 6.54 Å². The summed E-state index contributed by atoms with van der Waals surface area (Å²) in [5.74, 6) is 0. The molecule has 0 heterocycles. The summed E-state index contributed by atoms with van der Waals surface area (Å²) in [6.45, 7) is 5.11. The van der Waals surface area contributed by atoms with Crippen molar-refractivity contribution in [2.45, 2.75) is 51.3 Å². The molecule has 1 aliphatic rings. The lowest BCUT2D eigenvalue weighted by Crippen LogP contribution is -2.44. The van der Waals surface area contributed by atoms with Crippen molar-refractivity contribution in [3.63, 3.8) is 0 Å². The third kappa shape index (κ3) is 2.51. The second kappa shape index (κ2) is 4.53. The molecule has 96 valence electrons. The van der Waals surface area contributed by atoms with Gasteiger partial charge in [-0.3, -0.25) is 0 Å². The normalized spacial score (nSPS) is 35.6. The molecule has 1 saturated carbocycles. The van der Waals surface area contributed by atoms with Gasteiger partial charge in [0.05, 0.1) is 0 Å². The summed E-state index contributed by atoms with van der Waals surface area (Å²) in [4.78, 5) is 0. The van der Waals surface area contributed by atoms with Crippen molar-refractivity contribution in [2.75, 3.05) is 13.1 Å². The molecule has 16 heavy (non-hydrogen) atoms. The van der Waals surface area contributed by atoms with Gasteiger partial charge in [-0.1, -0.05) is 13.8 Å². The first kappa shape index (κ1) is 13.8. The molecule has 0 saturated heterocycles. The van der Waals surface area contributed by atoms with Crippen molar-refractivity contribution in [1.29, 1.82) is 0 Å². The van der Waals surface area contributed by atoms with Crippen molar-refractivity contribution in [2.24, 2.45) is 5.41 Å². The minimum Gasteiger partial charge on any atom is -0.380 e. The highest BCUT2D eigenvalue weighted by Crippen LogP contribution is 2.52. The van der Waals surface area contributed by atoms with Crippen LogP contribution in [-0.4, -0.2) is 30.0 Å². The minimum atomic E-state index is -4.50. The number of nitrogens with one attached hydrogen (secondary N) is 1. The summed E-state index contributed by atoms with van der Waals surface area (Å²) >= 11 is 0. The fourth-order valence-electron chi connectivity index (χ4n) is 2.48. The van der Waals surface area contributed by atoms with Crippen LogP contribution < -0.4 is 5.32 Å². The summed E-state index contributed by atoms with van der Waals surface area (Å²) < 4.78 is 38.0. The average Bonchev–Trinajstić information content (AvgIpc) is 2.55. The van der Waals surface area contributed by atoms with E-state index in [1.807, 2.05) is 13.8 Å². The second-order valence-corrected chi connectivity index (χ2v) is 4.84. The van der Waals surface area contributed by atoms with Crippen molar-refractivity contribution in [3.8, 4) is 0 Å². The molecule has 5 heteroatoms. The first-order valence-corrected chi connectivity index (χ1v) is 5.78. The van der Waals surface area contributed by atoms with E-state index in [1.54, 1.807) is 0 Å².